The Bertz CT molecular complexity index is 442. The van der Waals surface area contributed by atoms with Crippen molar-refractivity contribution in [2.24, 2.45) is 0 Å². The van der Waals surface area contributed by atoms with Crippen molar-refractivity contribution in [3.63, 3.8) is 0 Å². The highest BCUT2D eigenvalue weighted by molar-refractivity contribution is 7.80. The molecule has 18 heavy (non-hydrogen) atoms. The minimum absolute atomic E-state index is 0.0333. The molecule has 0 aromatic heterocycles. The lowest BCUT2D eigenvalue weighted by Crippen LogP contribution is -2.37. The van der Waals surface area contributed by atoms with E-state index in [0.717, 1.165) is 36.0 Å². The van der Waals surface area contributed by atoms with Gasteiger partial charge in [0.25, 0.3) is 5.91 Å². The second-order valence-corrected chi connectivity index (χ2v) is 5.75. The van der Waals surface area contributed by atoms with Crippen molar-refractivity contribution in [3.8, 4) is 0 Å². The van der Waals surface area contributed by atoms with Crippen LogP contribution in [0.4, 0.5) is 0 Å². The molecular formula is C14H18N2OS. The van der Waals surface area contributed by atoms with Gasteiger partial charge in [-0.05, 0) is 43.5 Å². The highest BCUT2D eigenvalue weighted by Gasteiger charge is 2.34. The fourth-order valence-electron chi connectivity index (χ4n) is 2.56. The van der Waals surface area contributed by atoms with Gasteiger partial charge in [0.05, 0.1) is 0 Å². The molecule has 3 nitrogen and oxygen atoms in total. The van der Waals surface area contributed by atoms with Crippen molar-refractivity contribution < 1.29 is 4.79 Å². The van der Waals surface area contributed by atoms with Gasteiger partial charge in [0, 0.05) is 35.6 Å². The number of amides is 1. The lowest BCUT2D eigenvalue weighted by atomic mass is 10.2. The van der Waals surface area contributed by atoms with Crippen LogP contribution in [0, 0.1) is 0 Å². The zero-order valence-electron chi connectivity index (χ0n) is 10.3. The summed E-state index contributed by atoms with van der Waals surface area (Å²) in [5.41, 5.74) is 0.720. The monoisotopic (exact) mass is 262 g/mol. The molecule has 0 radical (unpaired) electrons. The SMILES string of the molecule is O=C(NC1CCN(C2CC2)C1)c1ccc(S)cc1. The topological polar surface area (TPSA) is 32.3 Å². The summed E-state index contributed by atoms with van der Waals surface area (Å²) >= 11 is 4.22. The van der Waals surface area contributed by atoms with Gasteiger partial charge in [0.15, 0.2) is 0 Å². The van der Waals surface area contributed by atoms with Crippen molar-refractivity contribution in [1.82, 2.24) is 10.2 Å². The number of thiol groups is 1. The van der Waals surface area contributed by atoms with Crippen LogP contribution in [-0.4, -0.2) is 36.0 Å². The van der Waals surface area contributed by atoms with Crippen molar-refractivity contribution in [3.05, 3.63) is 29.8 Å². The minimum atomic E-state index is 0.0333. The van der Waals surface area contributed by atoms with Crippen molar-refractivity contribution >= 4 is 18.5 Å². The first-order valence-electron chi connectivity index (χ1n) is 6.56. The van der Waals surface area contributed by atoms with Crippen molar-refractivity contribution in [2.75, 3.05) is 13.1 Å². The maximum atomic E-state index is 12.0. The minimum Gasteiger partial charge on any atom is -0.348 e. The quantitative estimate of drug-likeness (QED) is 0.816. The Hall–Kier alpha value is -1.00. The van der Waals surface area contributed by atoms with E-state index in [1.165, 1.54) is 12.8 Å². The van der Waals surface area contributed by atoms with Gasteiger partial charge < -0.3 is 5.32 Å². The average Bonchev–Trinajstić information content (AvgIpc) is 3.11. The van der Waals surface area contributed by atoms with Crippen LogP contribution in [0.25, 0.3) is 0 Å². The summed E-state index contributed by atoms with van der Waals surface area (Å²) in [6, 6.07) is 8.47. The van der Waals surface area contributed by atoms with Crippen LogP contribution in [0.15, 0.2) is 29.2 Å². The van der Waals surface area contributed by atoms with Gasteiger partial charge in [-0.25, -0.2) is 0 Å². The van der Waals surface area contributed by atoms with Crippen LogP contribution in [-0.2, 0) is 0 Å². The summed E-state index contributed by atoms with van der Waals surface area (Å²) in [5, 5.41) is 3.12. The second-order valence-electron chi connectivity index (χ2n) is 5.23. The van der Waals surface area contributed by atoms with E-state index in [0.29, 0.717) is 6.04 Å². The molecule has 1 saturated heterocycles. The molecule has 1 aliphatic carbocycles. The van der Waals surface area contributed by atoms with Gasteiger partial charge in [-0.1, -0.05) is 0 Å². The molecule has 0 spiro atoms. The molecule has 2 fully saturated rings. The number of carbonyl (C=O) groups is 1. The third-order valence-electron chi connectivity index (χ3n) is 3.75. The summed E-state index contributed by atoms with van der Waals surface area (Å²) in [6.45, 7) is 2.15. The Morgan fingerprint density at radius 1 is 1.22 bits per heavy atom. The van der Waals surface area contributed by atoms with E-state index in [-0.39, 0.29) is 5.91 Å². The highest BCUT2D eigenvalue weighted by atomic mass is 32.1. The largest absolute Gasteiger partial charge is 0.348 e. The highest BCUT2D eigenvalue weighted by Crippen LogP contribution is 2.29. The van der Waals surface area contributed by atoms with Crippen LogP contribution in [0.2, 0.25) is 0 Å². The number of likely N-dealkylation sites (tertiary alicyclic amines) is 1. The van der Waals surface area contributed by atoms with E-state index in [4.69, 9.17) is 0 Å². The Morgan fingerprint density at radius 3 is 2.61 bits per heavy atom. The molecule has 96 valence electrons. The molecule has 1 atom stereocenters. The van der Waals surface area contributed by atoms with Crippen LogP contribution in [0.3, 0.4) is 0 Å². The standard InChI is InChI=1S/C14H18N2OS/c17-14(10-1-5-13(18)6-2-10)15-11-7-8-16(9-11)12-3-4-12/h1-2,5-6,11-12,18H,3-4,7-9H2,(H,15,17). The third kappa shape index (κ3) is 2.70. The van der Waals surface area contributed by atoms with E-state index in [1.54, 1.807) is 0 Å². The molecular weight excluding hydrogens is 244 g/mol. The first-order chi connectivity index (χ1) is 8.72. The fourth-order valence-corrected chi connectivity index (χ4v) is 2.71. The third-order valence-corrected chi connectivity index (χ3v) is 4.05. The van der Waals surface area contributed by atoms with Gasteiger partial charge >= 0.3 is 0 Å². The van der Waals surface area contributed by atoms with Gasteiger partial charge in [-0.2, -0.15) is 0 Å². The fraction of sp³-hybridized carbons (Fsp3) is 0.500. The number of carbonyl (C=O) groups excluding carboxylic acids is 1. The Kier molecular flexibility index (Phi) is 3.31. The van der Waals surface area contributed by atoms with Gasteiger partial charge in [0.2, 0.25) is 0 Å². The number of hydrogen-bond donors (Lipinski definition) is 2. The smallest absolute Gasteiger partial charge is 0.251 e. The summed E-state index contributed by atoms with van der Waals surface area (Å²) in [6.07, 6.45) is 3.75. The van der Waals surface area contributed by atoms with Crippen LogP contribution in [0.1, 0.15) is 29.6 Å². The van der Waals surface area contributed by atoms with Crippen LogP contribution >= 0.6 is 12.6 Å². The summed E-state index contributed by atoms with van der Waals surface area (Å²) < 4.78 is 0. The van der Waals surface area contributed by atoms with E-state index < -0.39 is 0 Å². The number of benzene rings is 1. The molecule has 1 amide bonds. The maximum Gasteiger partial charge on any atom is 0.251 e. The van der Waals surface area contributed by atoms with Gasteiger partial charge in [-0.15, -0.1) is 12.6 Å². The summed E-state index contributed by atoms with van der Waals surface area (Å²) in [5.74, 6) is 0.0333. The Morgan fingerprint density at radius 2 is 1.94 bits per heavy atom. The van der Waals surface area contributed by atoms with E-state index in [9.17, 15) is 4.79 Å². The molecule has 1 aromatic rings. The molecule has 0 bridgehead atoms. The van der Waals surface area contributed by atoms with Gasteiger partial charge in [0.1, 0.15) is 0 Å². The Balaban J connectivity index is 1.56. The van der Waals surface area contributed by atoms with Gasteiger partial charge in [-0.3, -0.25) is 9.69 Å². The lowest BCUT2D eigenvalue weighted by Gasteiger charge is -2.15. The number of nitrogens with zero attached hydrogens (tertiary/aromatic N) is 1. The molecule has 3 rings (SSSR count). The molecule has 2 aliphatic rings. The van der Waals surface area contributed by atoms with E-state index in [1.807, 2.05) is 24.3 Å². The van der Waals surface area contributed by atoms with E-state index >= 15 is 0 Å². The zero-order chi connectivity index (χ0) is 12.5. The number of nitrogens with one attached hydrogen (secondary N) is 1. The van der Waals surface area contributed by atoms with Crippen molar-refractivity contribution in [1.29, 1.82) is 0 Å². The molecule has 1 unspecified atom stereocenters. The molecule has 1 aliphatic heterocycles. The first-order valence-corrected chi connectivity index (χ1v) is 7.01. The summed E-state index contributed by atoms with van der Waals surface area (Å²) in [7, 11) is 0. The molecule has 1 heterocycles. The molecule has 1 saturated carbocycles. The number of rotatable bonds is 3. The first kappa shape index (κ1) is 12.1. The predicted octanol–water partition coefficient (Wildman–Crippen LogP) is 1.94. The lowest BCUT2D eigenvalue weighted by molar-refractivity contribution is 0.0937. The molecule has 1 aromatic carbocycles. The molecule has 4 heteroatoms. The van der Waals surface area contributed by atoms with E-state index in [2.05, 4.69) is 22.8 Å². The average molecular weight is 262 g/mol. The normalized spacial score (nSPS) is 24.2. The van der Waals surface area contributed by atoms with Crippen LogP contribution < -0.4 is 5.32 Å². The predicted molar refractivity (Wildman–Crippen MR) is 74.2 cm³/mol. The van der Waals surface area contributed by atoms with Crippen LogP contribution in [0.5, 0.6) is 0 Å². The maximum absolute atomic E-state index is 12.0. The van der Waals surface area contributed by atoms with Crippen molar-refractivity contribution in [2.45, 2.75) is 36.2 Å². The number of hydrogen-bond acceptors (Lipinski definition) is 3. The summed E-state index contributed by atoms with van der Waals surface area (Å²) in [4.78, 5) is 15.4. The second kappa shape index (κ2) is 4.94. The molecule has 1 N–H and O–H groups in total. The Labute approximate surface area is 113 Å². The zero-order valence-corrected chi connectivity index (χ0v) is 11.2.